The van der Waals surface area contributed by atoms with E-state index in [0.717, 1.165) is 46.1 Å². The number of nitrogens with zero attached hydrogens (tertiary/aromatic N) is 1. The zero-order valence-corrected chi connectivity index (χ0v) is 11.2. The predicted molar refractivity (Wildman–Crippen MR) is 68.3 cm³/mol. The third-order valence-corrected chi connectivity index (χ3v) is 4.05. The van der Waals surface area contributed by atoms with Crippen LogP contribution in [0.25, 0.3) is 0 Å². The van der Waals surface area contributed by atoms with Crippen molar-refractivity contribution >= 4 is 0 Å². The summed E-state index contributed by atoms with van der Waals surface area (Å²) in [6, 6.07) is 0.606. The van der Waals surface area contributed by atoms with E-state index in [1.807, 2.05) is 0 Å². The Balaban J connectivity index is 1.87. The molecule has 0 saturated carbocycles. The number of rotatable bonds is 6. The van der Waals surface area contributed by atoms with Crippen molar-refractivity contribution in [3.05, 3.63) is 0 Å². The van der Waals surface area contributed by atoms with Crippen molar-refractivity contribution in [2.45, 2.75) is 25.8 Å². The molecule has 1 N–H and O–H groups in total. The lowest BCUT2D eigenvalue weighted by Gasteiger charge is -2.35. The molecule has 2 aliphatic heterocycles. The van der Waals surface area contributed by atoms with Gasteiger partial charge in [0, 0.05) is 37.8 Å². The number of ether oxygens (including phenoxy) is 2. The van der Waals surface area contributed by atoms with Gasteiger partial charge in [0.25, 0.3) is 0 Å². The maximum Gasteiger partial charge on any atom is 0.0622 e. The maximum absolute atomic E-state index is 5.62. The molecule has 2 fully saturated rings. The molecule has 0 radical (unpaired) electrons. The summed E-state index contributed by atoms with van der Waals surface area (Å²) in [7, 11) is 2.23. The highest BCUT2D eigenvalue weighted by Gasteiger charge is 2.37. The summed E-state index contributed by atoms with van der Waals surface area (Å²) >= 11 is 0. The smallest absolute Gasteiger partial charge is 0.0622 e. The molecule has 2 heterocycles. The Hall–Kier alpha value is -0.160. The average Bonchev–Trinajstić information content (AvgIpc) is 2.98. The average molecular weight is 242 g/mol. The number of nitrogens with one attached hydrogen (secondary N) is 1. The van der Waals surface area contributed by atoms with E-state index in [1.165, 1.54) is 12.8 Å². The largest absolute Gasteiger partial charge is 0.381 e. The molecule has 4 nitrogen and oxygen atoms in total. The van der Waals surface area contributed by atoms with Gasteiger partial charge in [0.05, 0.1) is 13.2 Å². The van der Waals surface area contributed by atoms with Gasteiger partial charge in [-0.15, -0.1) is 0 Å². The van der Waals surface area contributed by atoms with E-state index in [1.54, 1.807) is 0 Å². The minimum absolute atomic E-state index is 0.313. The first-order chi connectivity index (χ1) is 8.26. The Kier molecular flexibility index (Phi) is 4.79. The van der Waals surface area contributed by atoms with Crippen molar-refractivity contribution in [2.75, 3.05) is 53.1 Å². The summed E-state index contributed by atoms with van der Waals surface area (Å²) in [6.07, 6.45) is 2.35. The lowest BCUT2D eigenvalue weighted by atomic mass is 9.86. The molecule has 2 rings (SSSR count). The van der Waals surface area contributed by atoms with Gasteiger partial charge < -0.3 is 19.7 Å². The highest BCUT2D eigenvalue weighted by molar-refractivity contribution is 4.89. The van der Waals surface area contributed by atoms with Gasteiger partial charge in [-0.2, -0.15) is 0 Å². The lowest BCUT2D eigenvalue weighted by Crippen LogP contribution is -2.46. The van der Waals surface area contributed by atoms with Crippen LogP contribution in [0, 0.1) is 5.41 Å². The van der Waals surface area contributed by atoms with Gasteiger partial charge in [0.15, 0.2) is 0 Å². The Bertz CT molecular complexity index is 223. The van der Waals surface area contributed by atoms with Gasteiger partial charge in [-0.3, -0.25) is 0 Å². The lowest BCUT2D eigenvalue weighted by molar-refractivity contribution is 0.0928. The van der Waals surface area contributed by atoms with Crippen LogP contribution in [0.1, 0.15) is 19.8 Å². The van der Waals surface area contributed by atoms with Crippen LogP contribution < -0.4 is 5.32 Å². The van der Waals surface area contributed by atoms with Gasteiger partial charge in [-0.1, -0.05) is 6.92 Å². The van der Waals surface area contributed by atoms with Crippen molar-refractivity contribution in [2.24, 2.45) is 5.41 Å². The van der Waals surface area contributed by atoms with Crippen molar-refractivity contribution in [3.8, 4) is 0 Å². The molecule has 0 amide bonds. The van der Waals surface area contributed by atoms with Crippen molar-refractivity contribution in [3.63, 3.8) is 0 Å². The standard InChI is InChI=1S/C13H26N2O2/c1-3-14-9-13(5-7-17-11-13)10-15(2)12-4-6-16-8-12/h12,14H,3-11H2,1-2H3. The van der Waals surface area contributed by atoms with Crippen LogP contribution >= 0.6 is 0 Å². The summed E-state index contributed by atoms with van der Waals surface area (Å²) in [5, 5.41) is 3.49. The molecular formula is C13H26N2O2. The molecule has 4 heteroatoms. The Morgan fingerprint density at radius 3 is 2.82 bits per heavy atom. The van der Waals surface area contributed by atoms with Crippen LogP contribution in [-0.2, 0) is 9.47 Å². The third kappa shape index (κ3) is 3.41. The highest BCUT2D eigenvalue weighted by Crippen LogP contribution is 2.30. The zero-order chi connectivity index (χ0) is 12.1. The molecule has 2 unspecified atom stereocenters. The molecular weight excluding hydrogens is 216 g/mol. The van der Waals surface area contributed by atoms with E-state index in [-0.39, 0.29) is 0 Å². The Labute approximate surface area is 105 Å². The van der Waals surface area contributed by atoms with Crippen molar-refractivity contribution in [1.29, 1.82) is 0 Å². The molecule has 0 bridgehead atoms. The molecule has 0 aliphatic carbocycles. The van der Waals surface area contributed by atoms with Crippen LogP contribution in [0.15, 0.2) is 0 Å². The van der Waals surface area contributed by atoms with Crippen LogP contribution in [-0.4, -0.2) is 64.1 Å². The molecule has 2 aliphatic rings. The number of likely N-dealkylation sites (N-methyl/N-ethyl adjacent to an activating group) is 1. The van der Waals surface area contributed by atoms with Gasteiger partial charge in [-0.25, -0.2) is 0 Å². The number of hydrogen-bond acceptors (Lipinski definition) is 4. The molecule has 2 atom stereocenters. The second-order valence-electron chi connectivity index (χ2n) is 5.52. The van der Waals surface area contributed by atoms with Gasteiger partial charge in [0.2, 0.25) is 0 Å². The third-order valence-electron chi connectivity index (χ3n) is 4.05. The maximum atomic E-state index is 5.62. The summed E-state index contributed by atoms with van der Waals surface area (Å²) < 4.78 is 11.1. The molecule has 0 aromatic carbocycles. The van der Waals surface area contributed by atoms with Crippen LogP contribution in [0.4, 0.5) is 0 Å². The topological polar surface area (TPSA) is 33.7 Å². The predicted octanol–water partition coefficient (Wildman–Crippen LogP) is 0.723. The minimum Gasteiger partial charge on any atom is -0.381 e. The highest BCUT2D eigenvalue weighted by atomic mass is 16.5. The van der Waals surface area contributed by atoms with E-state index >= 15 is 0 Å². The van der Waals surface area contributed by atoms with E-state index in [0.29, 0.717) is 11.5 Å². The van der Waals surface area contributed by atoms with Crippen molar-refractivity contribution in [1.82, 2.24) is 10.2 Å². The molecule has 2 saturated heterocycles. The minimum atomic E-state index is 0.313. The first-order valence-electron chi connectivity index (χ1n) is 6.82. The first kappa shape index (κ1) is 13.3. The first-order valence-corrected chi connectivity index (χ1v) is 6.82. The SMILES string of the molecule is CCNCC1(CN(C)C2CCOC2)CCOC1. The fourth-order valence-corrected chi connectivity index (χ4v) is 2.89. The molecule has 0 aromatic heterocycles. The molecule has 17 heavy (non-hydrogen) atoms. The second-order valence-corrected chi connectivity index (χ2v) is 5.52. The molecule has 0 aromatic rings. The van der Waals surface area contributed by atoms with Gasteiger partial charge in [-0.05, 0) is 26.4 Å². The molecule has 0 spiro atoms. The normalized spacial score (nSPS) is 33.7. The van der Waals surface area contributed by atoms with E-state index in [2.05, 4.69) is 24.2 Å². The molecule has 100 valence electrons. The fraction of sp³-hybridized carbons (Fsp3) is 1.00. The summed E-state index contributed by atoms with van der Waals surface area (Å²) in [4.78, 5) is 2.47. The van der Waals surface area contributed by atoms with E-state index in [9.17, 15) is 0 Å². The van der Waals surface area contributed by atoms with Crippen LogP contribution in [0.5, 0.6) is 0 Å². The zero-order valence-electron chi connectivity index (χ0n) is 11.2. The number of hydrogen-bond donors (Lipinski definition) is 1. The van der Waals surface area contributed by atoms with Crippen molar-refractivity contribution < 1.29 is 9.47 Å². The van der Waals surface area contributed by atoms with Gasteiger partial charge in [0.1, 0.15) is 0 Å². The van der Waals surface area contributed by atoms with E-state index in [4.69, 9.17) is 9.47 Å². The summed E-state index contributed by atoms with van der Waals surface area (Å²) in [5.74, 6) is 0. The monoisotopic (exact) mass is 242 g/mol. The summed E-state index contributed by atoms with van der Waals surface area (Å²) in [5.41, 5.74) is 0.313. The fourth-order valence-electron chi connectivity index (χ4n) is 2.89. The Morgan fingerprint density at radius 1 is 1.35 bits per heavy atom. The summed E-state index contributed by atoms with van der Waals surface area (Å²) in [6.45, 7) is 9.03. The van der Waals surface area contributed by atoms with Gasteiger partial charge >= 0.3 is 0 Å². The van der Waals surface area contributed by atoms with Crippen LogP contribution in [0.2, 0.25) is 0 Å². The Morgan fingerprint density at radius 2 is 2.24 bits per heavy atom. The van der Waals surface area contributed by atoms with E-state index < -0.39 is 0 Å². The second kappa shape index (κ2) is 6.14. The van der Waals surface area contributed by atoms with Crippen LogP contribution in [0.3, 0.4) is 0 Å². The quantitative estimate of drug-likeness (QED) is 0.744.